The van der Waals surface area contributed by atoms with E-state index in [1.807, 2.05) is 0 Å². The lowest BCUT2D eigenvalue weighted by Gasteiger charge is -2.07. The van der Waals surface area contributed by atoms with E-state index in [4.69, 9.17) is 4.74 Å². The molecule has 1 aliphatic heterocycles. The number of Topliss-reactive ketones (excluding diaryl/α,β-unsaturated/α-hetero) is 1. The van der Waals surface area contributed by atoms with Gasteiger partial charge in [0.15, 0.2) is 5.78 Å². The van der Waals surface area contributed by atoms with E-state index in [-0.39, 0.29) is 30.6 Å². The Labute approximate surface area is 93.3 Å². The van der Waals surface area contributed by atoms with Gasteiger partial charge >= 0.3 is 5.97 Å². The number of esters is 1. The smallest absolute Gasteiger partial charge is 0.313 e. The number of carbonyl (C=O) groups is 3. The van der Waals surface area contributed by atoms with Crippen molar-refractivity contribution in [3.63, 3.8) is 0 Å². The van der Waals surface area contributed by atoms with Crippen LogP contribution in [0.15, 0.2) is 0 Å². The number of amides is 1. The molecular formula is C10H15NO5. The van der Waals surface area contributed by atoms with Crippen molar-refractivity contribution in [2.45, 2.75) is 18.9 Å². The van der Waals surface area contributed by atoms with Gasteiger partial charge in [-0.1, -0.05) is 0 Å². The number of nitrogens with one attached hydrogen (secondary N) is 1. The van der Waals surface area contributed by atoms with Gasteiger partial charge in [0.25, 0.3) is 0 Å². The van der Waals surface area contributed by atoms with Crippen LogP contribution in [0, 0.1) is 5.92 Å². The molecule has 0 saturated carbocycles. The van der Waals surface area contributed by atoms with Crippen LogP contribution in [-0.2, 0) is 23.9 Å². The van der Waals surface area contributed by atoms with Gasteiger partial charge in [0.05, 0.1) is 19.6 Å². The highest BCUT2D eigenvalue weighted by Gasteiger charge is 2.35. The van der Waals surface area contributed by atoms with Crippen molar-refractivity contribution in [2.75, 3.05) is 20.8 Å². The second-order valence-electron chi connectivity index (χ2n) is 3.59. The van der Waals surface area contributed by atoms with Crippen molar-refractivity contribution in [2.24, 2.45) is 5.92 Å². The van der Waals surface area contributed by atoms with E-state index >= 15 is 0 Å². The number of ketones is 1. The second kappa shape index (κ2) is 5.60. The average molecular weight is 229 g/mol. The summed E-state index contributed by atoms with van der Waals surface area (Å²) in [6, 6.07) is 0. The number of hydrogen-bond donors (Lipinski definition) is 1. The van der Waals surface area contributed by atoms with E-state index in [0.717, 1.165) is 0 Å². The van der Waals surface area contributed by atoms with Crippen molar-refractivity contribution < 1.29 is 23.9 Å². The highest BCUT2D eigenvalue weighted by molar-refractivity contribution is 5.98. The number of carbonyl (C=O) groups excluding carboxylic acids is 3. The molecule has 0 aromatic heterocycles. The maximum absolute atomic E-state index is 11.5. The van der Waals surface area contributed by atoms with Gasteiger partial charge in [-0.2, -0.15) is 0 Å². The lowest BCUT2D eigenvalue weighted by Crippen LogP contribution is -2.28. The van der Waals surface area contributed by atoms with Crippen molar-refractivity contribution in [3.05, 3.63) is 0 Å². The van der Waals surface area contributed by atoms with E-state index in [0.29, 0.717) is 6.42 Å². The predicted molar refractivity (Wildman–Crippen MR) is 53.6 cm³/mol. The van der Waals surface area contributed by atoms with Crippen LogP contribution < -0.4 is 5.32 Å². The summed E-state index contributed by atoms with van der Waals surface area (Å²) in [7, 11) is 2.75. The largest absolute Gasteiger partial charge is 0.469 e. The van der Waals surface area contributed by atoms with E-state index in [1.54, 1.807) is 0 Å². The zero-order chi connectivity index (χ0) is 12.1. The Balaban J connectivity index is 2.43. The molecule has 0 aliphatic carbocycles. The fraction of sp³-hybridized carbons (Fsp3) is 0.700. The normalized spacial score (nSPS) is 23.9. The Morgan fingerprint density at radius 2 is 2.12 bits per heavy atom. The standard InChI is InChI=1S/C10H15NO5/c1-11-10(14)6-3-8(16-5-6)7(12)4-9(13)15-2/h6,8H,3-5H2,1-2H3,(H,11,14). The van der Waals surface area contributed by atoms with Gasteiger partial charge in [0.2, 0.25) is 5.91 Å². The van der Waals surface area contributed by atoms with Crippen LogP contribution >= 0.6 is 0 Å². The van der Waals surface area contributed by atoms with Gasteiger partial charge in [0.1, 0.15) is 12.5 Å². The molecule has 1 amide bonds. The zero-order valence-corrected chi connectivity index (χ0v) is 9.32. The summed E-state index contributed by atoms with van der Waals surface area (Å²) in [6.45, 7) is 0.219. The van der Waals surface area contributed by atoms with E-state index in [9.17, 15) is 14.4 Å². The van der Waals surface area contributed by atoms with Crippen LogP contribution in [0.4, 0.5) is 0 Å². The van der Waals surface area contributed by atoms with Crippen molar-refractivity contribution in [3.8, 4) is 0 Å². The summed E-state index contributed by atoms with van der Waals surface area (Å²) in [5, 5.41) is 2.50. The molecule has 2 atom stereocenters. The quantitative estimate of drug-likeness (QED) is 0.507. The first-order valence-electron chi connectivity index (χ1n) is 5.01. The molecule has 0 spiro atoms. The minimum Gasteiger partial charge on any atom is -0.469 e. The number of methoxy groups -OCH3 is 1. The topological polar surface area (TPSA) is 81.7 Å². The highest BCUT2D eigenvalue weighted by Crippen LogP contribution is 2.21. The molecule has 0 bridgehead atoms. The number of ether oxygens (including phenoxy) is 2. The van der Waals surface area contributed by atoms with E-state index in [2.05, 4.69) is 10.1 Å². The Bertz CT molecular complexity index is 302. The van der Waals surface area contributed by atoms with Crippen molar-refractivity contribution >= 4 is 17.7 Å². The molecule has 0 aromatic rings. The molecule has 1 heterocycles. The minimum atomic E-state index is -0.665. The van der Waals surface area contributed by atoms with E-state index in [1.165, 1.54) is 14.2 Å². The molecule has 90 valence electrons. The third-order valence-corrected chi connectivity index (χ3v) is 2.52. The first-order valence-corrected chi connectivity index (χ1v) is 5.01. The summed E-state index contributed by atoms with van der Waals surface area (Å²) in [5.41, 5.74) is 0. The Morgan fingerprint density at radius 1 is 1.44 bits per heavy atom. The second-order valence-corrected chi connectivity index (χ2v) is 3.59. The first kappa shape index (κ1) is 12.6. The molecule has 16 heavy (non-hydrogen) atoms. The fourth-order valence-corrected chi connectivity index (χ4v) is 1.57. The monoisotopic (exact) mass is 229 g/mol. The highest BCUT2D eigenvalue weighted by atomic mass is 16.5. The van der Waals surface area contributed by atoms with E-state index < -0.39 is 12.1 Å². The number of hydrogen-bond acceptors (Lipinski definition) is 5. The Morgan fingerprint density at radius 3 is 2.69 bits per heavy atom. The Hall–Kier alpha value is -1.43. The number of rotatable bonds is 4. The molecule has 1 aliphatic rings. The van der Waals surface area contributed by atoms with Crippen LogP contribution in [0.25, 0.3) is 0 Å². The van der Waals surface area contributed by atoms with Crippen LogP contribution in [-0.4, -0.2) is 44.5 Å². The SMILES string of the molecule is CNC(=O)C1COC(C(=O)CC(=O)OC)C1. The molecule has 1 saturated heterocycles. The average Bonchev–Trinajstić information content (AvgIpc) is 2.77. The third-order valence-electron chi connectivity index (χ3n) is 2.52. The summed E-state index contributed by atoms with van der Waals surface area (Å²) in [5.74, 6) is -1.37. The lowest BCUT2D eigenvalue weighted by molar-refractivity contribution is -0.145. The minimum absolute atomic E-state index is 0.145. The maximum atomic E-state index is 11.5. The van der Waals surface area contributed by atoms with Gasteiger partial charge in [-0.25, -0.2) is 0 Å². The van der Waals surface area contributed by atoms with Crippen molar-refractivity contribution in [1.82, 2.24) is 5.32 Å². The zero-order valence-electron chi connectivity index (χ0n) is 9.32. The van der Waals surface area contributed by atoms with Crippen LogP contribution in [0.3, 0.4) is 0 Å². The van der Waals surface area contributed by atoms with Gasteiger partial charge in [-0.15, -0.1) is 0 Å². The molecule has 6 heteroatoms. The molecule has 0 aromatic carbocycles. The summed E-state index contributed by atoms with van der Waals surface area (Å²) >= 11 is 0. The van der Waals surface area contributed by atoms with Crippen molar-refractivity contribution in [1.29, 1.82) is 0 Å². The Kier molecular flexibility index (Phi) is 4.42. The van der Waals surface area contributed by atoms with Gasteiger partial charge in [0, 0.05) is 7.05 Å². The summed E-state index contributed by atoms with van der Waals surface area (Å²) < 4.78 is 9.56. The molecule has 1 fully saturated rings. The van der Waals surface area contributed by atoms with Crippen LogP contribution in [0.2, 0.25) is 0 Å². The van der Waals surface area contributed by atoms with Crippen LogP contribution in [0.5, 0.6) is 0 Å². The lowest BCUT2D eigenvalue weighted by atomic mass is 10.0. The molecule has 0 radical (unpaired) electrons. The van der Waals surface area contributed by atoms with Gasteiger partial charge in [-0.05, 0) is 6.42 Å². The van der Waals surface area contributed by atoms with Gasteiger partial charge in [-0.3, -0.25) is 14.4 Å². The molecule has 6 nitrogen and oxygen atoms in total. The summed E-state index contributed by atoms with van der Waals surface area (Å²) in [4.78, 5) is 33.7. The molecule has 2 unspecified atom stereocenters. The van der Waals surface area contributed by atoms with Gasteiger partial charge < -0.3 is 14.8 Å². The fourth-order valence-electron chi connectivity index (χ4n) is 1.57. The molecule has 1 rings (SSSR count). The third kappa shape index (κ3) is 3.03. The molecule has 1 N–H and O–H groups in total. The predicted octanol–water partition coefficient (Wildman–Crippen LogP) is -0.730. The molecular weight excluding hydrogens is 214 g/mol. The first-order chi connectivity index (χ1) is 7.58. The maximum Gasteiger partial charge on any atom is 0.313 e. The summed E-state index contributed by atoms with van der Waals surface area (Å²) in [6.07, 6.45) is -0.640. The van der Waals surface area contributed by atoms with Crippen LogP contribution in [0.1, 0.15) is 12.8 Å².